The number of carbonyl (C=O) groups excluding carboxylic acids is 2. The van der Waals surface area contributed by atoms with Crippen LogP contribution in [0.25, 0.3) is 10.9 Å². The first-order chi connectivity index (χ1) is 16.8. The first-order valence-corrected chi connectivity index (χ1v) is 11.3. The Morgan fingerprint density at radius 2 is 1.69 bits per heavy atom. The molecule has 0 radical (unpaired) electrons. The Labute approximate surface area is 201 Å². The molecule has 0 saturated carbocycles. The minimum absolute atomic E-state index is 0.193. The maximum atomic E-state index is 13.6. The predicted octanol–water partition coefficient (Wildman–Crippen LogP) is 3.44. The number of hydrogen-bond acceptors (Lipinski definition) is 4. The molecule has 0 spiro atoms. The average molecular weight is 471 g/mol. The van der Waals surface area contributed by atoms with Gasteiger partial charge in [-0.2, -0.15) is 0 Å². The van der Waals surface area contributed by atoms with Crippen LogP contribution in [0.5, 0.6) is 0 Å². The van der Waals surface area contributed by atoms with Gasteiger partial charge in [0, 0.05) is 19.2 Å². The zero-order chi connectivity index (χ0) is 24.9. The molecule has 0 aliphatic rings. The van der Waals surface area contributed by atoms with Crippen molar-refractivity contribution in [3.05, 3.63) is 111 Å². The first kappa shape index (κ1) is 23.7. The molecule has 4 aromatic rings. The largest absolute Gasteiger partial charge is 0.330 e. The van der Waals surface area contributed by atoms with Crippen LogP contribution in [-0.2, 0) is 22.7 Å². The quantitative estimate of drug-likeness (QED) is 0.432. The van der Waals surface area contributed by atoms with Crippen LogP contribution in [0.1, 0.15) is 31.0 Å². The Balaban J connectivity index is 1.70. The van der Waals surface area contributed by atoms with Crippen molar-refractivity contribution in [2.45, 2.75) is 33.0 Å². The van der Waals surface area contributed by atoms with Crippen LogP contribution in [0.3, 0.4) is 0 Å². The van der Waals surface area contributed by atoms with Crippen molar-refractivity contribution < 1.29 is 9.59 Å². The summed E-state index contributed by atoms with van der Waals surface area (Å²) in [4.78, 5) is 55.0. The number of rotatable bonds is 7. The fourth-order valence-electron chi connectivity index (χ4n) is 4.05. The summed E-state index contributed by atoms with van der Waals surface area (Å²) < 4.78 is 0.934. The molecule has 35 heavy (non-hydrogen) atoms. The highest BCUT2D eigenvalue weighted by Crippen LogP contribution is 2.25. The van der Waals surface area contributed by atoms with Crippen molar-refractivity contribution in [3.8, 4) is 0 Å². The topological polar surface area (TPSA) is 104 Å². The lowest BCUT2D eigenvalue weighted by atomic mass is 10.0. The normalized spacial score (nSPS) is 11.7. The van der Waals surface area contributed by atoms with Crippen LogP contribution in [0.2, 0.25) is 0 Å². The standard InChI is InChI=1S/C27H26N4O4/c1-18(21-11-8-12-22(15-21)28-19(2)32)30(16-20-9-4-3-5-10-20)25(33)17-31-26(34)23-13-6-7-14-24(23)29-27(31)35/h3-15,18H,16-17H2,1-2H3,(H,28,32)(H,29,35). The number of carbonyl (C=O) groups is 2. The summed E-state index contributed by atoms with van der Waals surface area (Å²) in [5.41, 5.74) is 1.61. The summed E-state index contributed by atoms with van der Waals surface area (Å²) in [6.07, 6.45) is 0. The highest BCUT2D eigenvalue weighted by Gasteiger charge is 2.24. The van der Waals surface area contributed by atoms with Crippen LogP contribution < -0.4 is 16.6 Å². The van der Waals surface area contributed by atoms with Crippen LogP contribution in [-0.4, -0.2) is 26.3 Å². The second kappa shape index (κ2) is 10.2. The van der Waals surface area contributed by atoms with E-state index >= 15 is 0 Å². The zero-order valence-corrected chi connectivity index (χ0v) is 19.5. The van der Waals surface area contributed by atoms with E-state index in [9.17, 15) is 19.2 Å². The highest BCUT2D eigenvalue weighted by atomic mass is 16.2. The molecule has 0 aliphatic heterocycles. The molecule has 1 aromatic heterocycles. The summed E-state index contributed by atoms with van der Waals surface area (Å²) in [6, 6.07) is 23.1. The maximum absolute atomic E-state index is 13.6. The monoisotopic (exact) mass is 470 g/mol. The Kier molecular flexibility index (Phi) is 6.91. The lowest BCUT2D eigenvalue weighted by Crippen LogP contribution is -2.42. The van der Waals surface area contributed by atoms with E-state index in [0.29, 0.717) is 16.6 Å². The van der Waals surface area contributed by atoms with Crippen molar-refractivity contribution in [1.82, 2.24) is 14.5 Å². The molecule has 0 saturated heterocycles. The predicted molar refractivity (Wildman–Crippen MR) is 135 cm³/mol. The van der Waals surface area contributed by atoms with E-state index in [4.69, 9.17) is 0 Å². The van der Waals surface area contributed by atoms with E-state index in [2.05, 4.69) is 10.3 Å². The zero-order valence-electron chi connectivity index (χ0n) is 19.5. The van der Waals surface area contributed by atoms with Gasteiger partial charge in [-0.25, -0.2) is 4.79 Å². The number of fused-ring (bicyclic) bond motifs is 1. The number of aromatic nitrogens is 2. The Hall–Kier alpha value is -4.46. The smallest absolute Gasteiger partial charge is 0.329 e. The van der Waals surface area contributed by atoms with Gasteiger partial charge >= 0.3 is 5.69 Å². The van der Waals surface area contributed by atoms with Gasteiger partial charge in [0.05, 0.1) is 16.9 Å². The molecule has 8 heteroatoms. The molecule has 1 unspecified atom stereocenters. The van der Waals surface area contributed by atoms with Gasteiger partial charge in [0.15, 0.2) is 0 Å². The molecule has 1 atom stereocenters. The summed E-state index contributed by atoms with van der Waals surface area (Å²) in [5, 5.41) is 3.09. The van der Waals surface area contributed by atoms with E-state index in [-0.39, 0.29) is 18.4 Å². The Morgan fingerprint density at radius 3 is 2.43 bits per heavy atom. The van der Waals surface area contributed by atoms with Crippen LogP contribution in [0, 0.1) is 0 Å². The molecule has 0 fully saturated rings. The van der Waals surface area contributed by atoms with E-state index in [1.54, 1.807) is 41.3 Å². The molecular formula is C27H26N4O4. The van der Waals surface area contributed by atoms with Gasteiger partial charge in [-0.1, -0.05) is 54.6 Å². The van der Waals surface area contributed by atoms with Gasteiger partial charge in [-0.05, 0) is 42.3 Å². The average Bonchev–Trinajstić information content (AvgIpc) is 2.85. The van der Waals surface area contributed by atoms with E-state index in [1.807, 2.05) is 49.4 Å². The summed E-state index contributed by atoms with van der Waals surface area (Å²) in [6.45, 7) is 3.19. The third kappa shape index (κ3) is 5.38. The number of aromatic amines is 1. The van der Waals surface area contributed by atoms with Crippen LogP contribution in [0.4, 0.5) is 5.69 Å². The lowest BCUT2D eigenvalue weighted by Gasteiger charge is -2.30. The number of hydrogen-bond donors (Lipinski definition) is 2. The minimum atomic E-state index is -0.637. The number of para-hydroxylation sites is 1. The molecular weight excluding hydrogens is 444 g/mol. The molecule has 0 bridgehead atoms. The molecule has 1 heterocycles. The molecule has 4 rings (SSSR count). The number of anilines is 1. The van der Waals surface area contributed by atoms with Crippen molar-refractivity contribution >= 4 is 28.4 Å². The number of nitrogens with zero attached hydrogens (tertiary/aromatic N) is 2. The molecule has 2 N–H and O–H groups in total. The fourth-order valence-corrected chi connectivity index (χ4v) is 4.05. The van der Waals surface area contributed by atoms with Crippen LogP contribution >= 0.6 is 0 Å². The molecule has 0 aliphatic carbocycles. The number of benzene rings is 3. The molecule has 3 aromatic carbocycles. The van der Waals surface area contributed by atoms with Crippen molar-refractivity contribution in [2.24, 2.45) is 0 Å². The number of amides is 2. The van der Waals surface area contributed by atoms with Gasteiger partial charge < -0.3 is 15.2 Å². The third-order valence-electron chi connectivity index (χ3n) is 5.86. The third-order valence-corrected chi connectivity index (χ3v) is 5.86. The minimum Gasteiger partial charge on any atom is -0.330 e. The maximum Gasteiger partial charge on any atom is 0.329 e. The van der Waals surface area contributed by atoms with Gasteiger partial charge in [-0.15, -0.1) is 0 Å². The second-order valence-corrected chi connectivity index (χ2v) is 8.36. The SMILES string of the molecule is CC(=O)Nc1cccc(C(C)N(Cc2ccccc2)C(=O)Cn2c(=O)[nH]c3ccccc3c2=O)c1. The van der Waals surface area contributed by atoms with E-state index in [1.165, 1.54) is 6.92 Å². The number of H-pyrrole nitrogens is 1. The molecule has 8 nitrogen and oxygen atoms in total. The summed E-state index contributed by atoms with van der Waals surface area (Å²) in [5.74, 6) is -0.573. The van der Waals surface area contributed by atoms with Crippen molar-refractivity contribution in [2.75, 3.05) is 5.32 Å². The van der Waals surface area contributed by atoms with Crippen LogP contribution in [0.15, 0.2) is 88.5 Å². The van der Waals surface area contributed by atoms with Gasteiger partial charge in [0.25, 0.3) is 5.56 Å². The fraction of sp³-hybridized carbons (Fsp3) is 0.185. The highest BCUT2D eigenvalue weighted by molar-refractivity contribution is 5.88. The summed E-state index contributed by atoms with van der Waals surface area (Å²) >= 11 is 0. The second-order valence-electron chi connectivity index (χ2n) is 8.36. The Bertz CT molecular complexity index is 1490. The van der Waals surface area contributed by atoms with Gasteiger partial charge in [0.2, 0.25) is 11.8 Å². The van der Waals surface area contributed by atoms with E-state index < -0.39 is 23.8 Å². The van der Waals surface area contributed by atoms with E-state index in [0.717, 1.165) is 15.7 Å². The van der Waals surface area contributed by atoms with Crippen molar-refractivity contribution in [1.29, 1.82) is 0 Å². The van der Waals surface area contributed by atoms with Crippen molar-refractivity contribution in [3.63, 3.8) is 0 Å². The van der Waals surface area contributed by atoms with Gasteiger partial charge in [0.1, 0.15) is 6.54 Å². The number of nitrogens with one attached hydrogen (secondary N) is 2. The first-order valence-electron chi connectivity index (χ1n) is 11.3. The lowest BCUT2D eigenvalue weighted by molar-refractivity contribution is -0.134. The summed E-state index contributed by atoms with van der Waals surface area (Å²) in [7, 11) is 0. The molecule has 2 amide bonds. The molecule has 178 valence electrons. The Morgan fingerprint density at radius 1 is 0.971 bits per heavy atom. The van der Waals surface area contributed by atoms with Gasteiger partial charge in [-0.3, -0.25) is 19.0 Å².